The van der Waals surface area contributed by atoms with E-state index in [0.29, 0.717) is 28.2 Å². The van der Waals surface area contributed by atoms with Crippen molar-refractivity contribution in [2.75, 3.05) is 0 Å². The summed E-state index contributed by atoms with van der Waals surface area (Å²) < 4.78 is 16.0. The van der Waals surface area contributed by atoms with E-state index in [-0.39, 0.29) is 0 Å². The summed E-state index contributed by atoms with van der Waals surface area (Å²) >= 11 is 3.61. The smallest absolute Gasteiger partial charge is 0.220 e. The van der Waals surface area contributed by atoms with Gasteiger partial charge in [0.15, 0.2) is 0 Å². The fraction of sp³-hybridized carbons (Fsp3) is 0. The monoisotopic (exact) mass is 1140 g/mol. The Kier molecular flexibility index (Phi) is 10.8. The molecule has 0 N–H and O–H groups in total. The van der Waals surface area contributed by atoms with Crippen LogP contribution in [0.25, 0.3) is 178 Å². The number of hydrogen-bond acceptors (Lipinski definition) is 4. The number of furan rings is 1. The van der Waals surface area contributed by atoms with Crippen molar-refractivity contribution in [1.29, 1.82) is 5.26 Å². The molecule has 0 aliphatic carbocycles. The minimum absolute atomic E-state index is 0.386. The maximum Gasteiger partial charge on any atom is 0.220 e. The van der Waals surface area contributed by atoms with E-state index in [4.69, 9.17) is 4.42 Å². The minimum atomic E-state index is 0.386. The number of aromatic nitrogens is 2. The van der Waals surface area contributed by atoms with Gasteiger partial charge >= 0.3 is 0 Å². The average molecular weight is 1140 g/mol. The van der Waals surface area contributed by atoms with Crippen LogP contribution >= 0.6 is 22.7 Å². The molecule has 5 heterocycles. The van der Waals surface area contributed by atoms with Crippen molar-refractivity contribution >= 4 is 134 Å². The maximum atomic E-state index is 12.6. The minimum Gasteiger partial charge on any atom is -0.455 e. The van der Waals surface area contributed by atoms with E-state index in [0.717, 1.165) is 136 Å². The molecule has 0 saturated heterocycles. The Labute approximate surface area is 506 Å². The number of fused-ring (bicyclic) bond motifs is 17. The zero-order chi connectivity index (χ0) is 57.4. The summed E-state index contributed by atoms with van der Waals surface area (Å²) in [5.41, 5.74) is 17.3. The third kappa shape index (κ3) is 7.10. The molecule has 402 valence electrons. The molecule has 0 aliphatic heterocycles. The zero-order valence-corrected chi connectivity index (χ0v) is 48.1. The van der Waals surface area contributed by atoms with Crippen molar-refractivity contribution in [3.63, 3.8) is 0 Å². The van der Waals surface area contributed by atoms with Crippen molar-refractivity contribution < 1.29 is 4.42 Å². The maximum absolute atomic E-state index is 12.6. The van der Waals surface area contributed by atoms with Crippen molar-refractivity contribution in [3.05, 3.63) is 284 Å². The van der Waals surface area contributed by atoms with Gasteiger partial charge in [-0.1, -0.05) is 218 Å². The highest BCUT2D eigenvalue weighted by molar-refractivity contribution is 7.27. The van der Waals surface area contributed by atoms with E-state index in [1.54, 1.807) is 22.7 Å². The lowest BCUT2D eigenvalue weighted by Gasteiger charge is -2.26. The van der Waals surface area contributed by atoms with Crippen LogP contribution in [0.15, 0.2) is 271 Å². The number of benzene rings is 13. The Morgan fingerprint density at radius 3 is 1.46 bits per heavy atom. The molecule has 13 aromatic carbocycles. The fourth-order valence-electron chi connectivity index (χ4n) is 14.1. The van der Waals surface area contributed by atoms with E-state index in [2.05, 4.69) is 251 Å². The molecule has 18 aromatic rings. The summed E-state index contributed by atoms with van der Waals surface area (Å²) in [6, 6.07) is 97.4. The Hall–Kier alpha value is -11.3. The predicted octanol–water partition coefficient (Wildman–Crippen LogP) is 23.3. The quantitative estimate of drug-likeness (QED) is 0.149. The van der Waals surface area contributed by atoms with E-state index >= 15 is 0 Å². The van der Waals surface area contributed by atoms with Crippen LogP contribution < -0.4 is 0 Å². The molecule has 0 fully saturated rings. The van der Waals surface area contributed by atoms with Crippen molar-refractivity contribution in [2.45, 2.75) is 0 Å². The standard InChI is InChI=1S/C80H44N4OS2/c1-82-73-69(49-27-10-4-11-28-49)63(46-81)74(70(50-29-12-5-13-30-50)77(73)83-64-37-18-14-31-53(64)60-43-51(41-42-65(60)83)52-35-22-36-55-54-32-15-19-38-66(54)85-78(52)55)84-75-61(44-58(47-23-6-2-7-24-47)71-56-33-16-20-39-67(56)86-79(71)75)62-45-59(48-25-8-3-9-26-48)72-57-34-17-21-40-68(57)87-80(72)76(62)84/h2-45H. The summed E-state index contributed by atoms with van der Waals surface area (Å²) in [6.45, 7) is 9.64. The Balaban J connectivity index is 1.08. The second kappa shape index (κ2) is 19.1. The lowest BCUT2D eigenvalue weighted by Crippen LogP contribution is -2.09. The molecular weight excluding hydrogens is 1100 g/mol. The molecule has 5 aromatic heterocycles. The van der Waals surface area contributed by atoms with Gasteiger partial charge in [0.2, 0.25) is 5.69 Å². The van der Waals surface area contributed by atoms with Crippen molar-refractivity contribution in [1.82, 2.24) is 9.13 Å². The molecule has 7 heteroatoms. The number of hydrogen-bond donors (Lipinski definition) is 0. The summed E-state index contributed by atoms with van der Waals surface area (Å²) in [4.78, 5) is 4.69. The van der Waals surface area contributed by atoms with Crippen molar-refractivity contribution in [2.24, 2.45) is 0 Å². The van der Waals surface area contributed by atoms with Gasteiger partial charge in [-0.2, -0.15) is 5.26 Å². The highest BCUT2D eigenvalue weighted by Gasteiger charge is 2.34. The lowest BCUT2D eigenvalue weighted by atomic mass is 9.88. The molecule has 0 radical (unpaired) electrons. The van der Waals surface area contributed by atoms with Gasteiger partial charge in [-0.15, -0.1) is 22.7 Å². The largest absolute Gasteiger partial charge is 0.455 e. The molecule has 0 unspecified atom stereocenters. The van der Waals surface area contributed by atoms with Gasteiger partial charge in [0.1, 0.15) is 17.2 Å². The molecule has 0 amide bonds. The zero-order valence-electron chi connectivity index (χ0n) is 46.4. The van der Waals surface area contributed by atoms with Crippen LogP contribution in [0.5, 0.6) is 0 Å². The van der Waals surface area contributed by atoms with Gasteiger partial charge in [-0.25, -0.2) is 4.85 Å². The van der Waals surface area contributed by atoms with Crippen molar-refractivity contribution in [3.8, 4) is 73.1 Å². The van der Waals surface area contributed by atoms with E-state index in [1.165, 1.54) is 20.2 Å². The molecule has 5 nitrogen and oxygen atoms in total. The third-order valence-corrected chi connectivity index (χ3v) is 20.1. The number of nitrogens with zero attached hydrogens (tertiary/aromatic N) is 4. The van der Waals surface area contributed by atoms with Gasteiger partial charge in [0.25, 0.3) is 0 Å². The number of nitriles is 1. The second-order valence-corrected chi connectivity index (χ2v) is 24.4. The van der Waals surface area contributed by atoms with E-state index in [1.807, 2.05) is 36.4 Å². The number of thiophene rings is 2. The lowest BCUT2D eigenvalue weighted by molar-refractivity contribution is 0.670. The summed E-state index contributed by atoms with van der Waals surface area (Å²) in [5, 5.41) is 23.6. The third-order valence-electron chi connectivity index (χ3n) is 17.8. The Bertz CT molecular complexity index is 5840. The second-order valence-electron chi connectivity index (χ2n) is 22.3. The van der Waals surface area contributed by atoms with Crippen LogP contribution in [0.3, 0.4) is 0 Å². The predicted molar refractivity (Wildman–Crippen MR) is 366 cm³/mol. The van der Waals surface area contributed by atoms with Gasteiger partial charge in [-0.05, 0) is 87.5 Å². The van der Waals surface area contributed by atoms with Crippen LogP contribution in [0.1, 0.15) is 5.56 Å². The summed E-state index contributed by atoms with van der Waals surface area (Å²) in [7, 11) is 0. The first-order chi connectivity index (χ1) is 43.1. The first kappa shape index (κ1) is 49.1. The summed E-state index contributed by atoms with van der Waals surface area (Å²) in [6.07, 6.45) is 0. The van der Waals surface area contributed by atoms with Gasteiger partial charge < -0.3 is 13.6 Å². The van der Waals surface area contributed by atoms with Crippen LogP contribution in [-0.2, 0) is 0 Å². The number of para-hydroxylation sites is 3. The SMILES string of the molecule is [C-]#[N+]c1c(-c2ccccc2)c(C#N)c(-n2c3c(cc(-c4ccccc4)c4c5ccccc5sc43)c3cc(-c4ccccc4)c4c5ccccc5sc4c32)c(-c2ccccc2)c1-n1c2ccccc2c2cc(-c3cccc4c3oc3ccccc34)ccc21. The molecule has 0 aliphatic rings. The molecule has 0 bridgehead atoms. The molecular formula is C80H44N4OS2. The van der Waals surface area contributed by atoms with Crippen LogP contribution in [0.2, 0.25) is 0 Å². The highest BCUT2D eigenvalue weighted by atomic mass is 32.1. The van der Waals surface area contributed by atoms with E-state index in [9.17, 15) is 11.8 Å². The van der Waals surface area contributed by atoms with Crippen LogP contribution in [0.4, 0.5) is 5.69 Å². The van der Waals surface area contributed by atoms with Gasteiger partial charge in [0.05, 0.1) is 55.0 Å². The van der Waals surface area contributed by atoms with Gasteiger partial charge in [0, 0.05) is 80.0 Å². The normalized spacial score (nSPS) is 11.9. The fourth-order valence-corrected chi connectivity index (χ4v) is 16.7. The van der Waals surface area contributed by atoms with E-state index < -0.39 is 0 Å². The number of rotatable bonds is 7. The first-order valence-corrected chi connectivity index (χ1v) is 30.7. The molecule has 87 heavy (non-hydrogen) atoms. The molecule has 0 spiro atoms. The van der Waals surface area contributed by atoms with Gasteiger partial charge in [-0.3, -0.25) is 0 Å². The Morgan fingerprint density at radius 2 is 0.874 bits per heavy atom. The Morgan fingerprint density at radius 1 is 0.379 bits per heavy atom. The molecule has 0 atom stereocenters. The summed E-state index contributed by atoms with van der Waals surface area (Å²) in [5.74, 6) is 0. The van der Waals surface area contributed by atoms with Crippen LogP contribution in [-0.4, -0.2) is 9.13 Å². The first-order valence-electron chi connectivity index (χ1n) is 29.1. The average Bonchev–Trinajstić information content (AvgIpc) is 1.81. The topological polar surface area (TPSA) is 51.1 Å². The highest BCUT2D eigenvalue weighted by Crippen LogP contribution is 2.57. The molecule has 0 saturated carbocycles. The molecule has 18 rings (SSSR count). The van der Waals surface area contributed by atoms with Crippen LogP contribution in [0, 0.1) is 17.9 Å².